The molecule has 0 spiro atoms. The van der Waals surface area contributed by atoms with Crippen LogP contribution in [0.3, 0.4) is 0 Å². The van der Waals surface area contributed by atoms with Gasteiger partial charge in [0.05, 0.1) is 5.92 Å². The van der Waals surface area contributed by atoms with Crippen molar-refractivity contribution >= 4 is 12.0 Å². The number of carbonyl (C=O) groups excluding carboxylic acids is 1. The molecule has 5 nitrogen and oxygen atoms in total. The van der Waals surface area contributed by atoms with Gasteiger partial charge in [0.25, 0.3) is 0 Å². The van der Waals surface area contributed by atoms with Crippen LogP contribution >= 0.6 is 0 Å². The van der Waals surface area contributed by atoms with Gasteiger partial charge in [0, 0.05) is 19.1 Å². The molecule has 2 saturated carbocycles. The molecule has 118 valence electrons. The lowest BCUT2D eigenvalue weighted by Crippen LogP contribution is -2.53. The minimum atomic E-state index is -0.742. The topological polar surface area (TPSA) is 69.6 Å². The molecule has 21 heavy (non-hydrogen) atoms. The highest BCUT2D eigenvalue weighted by atomic mass is 16.4. The fourth-order valence-corrected chi connectivity index (χ4v) is 4.54. The second-order valence-electron chi connectivity index (χ2n) is 7.36. The normalized spacial score (nSPS) is 42.1. The Morgan fingerprint density at radius 3 is 2.48 bits per heavy atom. The van der Waals surface area contributed by atoms with Gasteiger partial charge in [-0.05, 0) is 49.4 Å². The van der Waals surface area contributed by atoms with E-state index in [4.69, 9.17) is 0 Å². The van der Waals surface area contributed by atoms with E-state index in [-0.39, 0.29) is 23.9 Å². The first-order valence-electron chi connectivity index (χ1n) is 8.25. The zero-order valence-electron chi connectivity index (χ0n) is 12.9. The first-order chi connectivity index (χ1) is 9.97. The highest BCUT2D eigenvalue weighted by Crippen LogP contribution is 2.48. The smallest absolute Gasteiger partial charge is 0.317 e. The summed E-state index contributed by atoms with van der Waals surface area (Å²) in [5, 5.41) is 12.5. The van der Waals surface area contributed by atoms with E-state index in [1.165, 1.54) is 0 Å². The predicted octanol–water partition coefficient (Wildman–Crippen LogP) is 2.17. The minimum Gasteiger partial charge on any atom is -0.481 e. The average molecular weight is 294 g/mol. The standard InChI is InChI=1S/C16H26N2O3/c1-9-5-6-18(8-10(9)2)16(21)17-14-12-4-3-11(7-12)13(14)15(19)20/h9-14H,3-8H2,1-2H3,(H,17,21)(H,19,20). The van der Waals surface area contributed by atoms with Crippen LogP contribution in [0.1, 0.15) is 39.5 Å². The van der Waals surface area contributed by atoms with Crippen LogP contribution in [0, 0.1) is 29.6 Å². The van der Waals surface area contributed by atoms with Gasteiger partial charge in [0.2, 0.25) is 0 Å². The van der Waals surface area contributed by atoms with E-state index in [9.17, 15) is 14.7 Å². The van der Waals surface area contributed by atoms with Gasteiger partial charge in [-0.25, -0.2) is 4.79 Å². The quantitative estimate of drug-likeness (QED) is 0.820. The largest absolute Gasteiger partial charge is 0.481 e. The van der Waals surface area contributed by atoms with Gasteiger partial charge >= 0.3 is 12.0 Å². The molecule has 3 aliphatic rings. The molecular weight excluding hydrogens is 268 g/mol. The average Bonchev–Trinajstić information content (AvgIpc) is 3.02. The predicted molar refractivity (Wildman–Crippen MR) is 78.8 cm³/mol. The van der Waals surface area contributed by atoms with Crippen molar-refractivity contribution < 1.29 is 14.7 Å². The molecule has 1 saturated heterocycles. The molecule has 3 fully saturated rings. The Balaban J connectivity index is 1.63. The number of carboxylic acids is 1. The van der Waals surface area contributed by atoms with Crippen molar-refractivity contribution in [1.82, 2.24) is 10.2 Å². The Hall–Kier alpha value is -1.26. The zero-order chi connectivity index (χ0) is 15.1. The summed E-state index contributed by atoms with van der Waals surface area (Å²) < 4.78 is 0. The lowest BCUT2D eigenvalue weighted by molar-refractivity contribution is -0.144. The lowest BCUT2D eigenvalue weighted by Gasteiger charge is -2.37. The van der Waals surface area contributed by atoms with Crippen LogP contribution < -0.4 is 5.32 Å². The van der Waals surface area contributed by atoms with Gasteiger partial charge < -0.3 is 15.3 Å². The summed E-state index contributed by atoms with van der Waals surface area (Å²) in [5.74, 6) is 0.671. The number of urea groups is 1. The molecule has 2 bridgehead atoms. The highest BCUT2D eigenvalue weighted by molar-refractivity contribution is 5.77. The third-order valence-electron chi connectivity index (χ3n) is 6.11. The van der Waals surface area contributed by atoms with Crippen LogP contribution in [0.15, 0.2) is 0 Å². The fourth-order valence-electron chi connectivity index (χ4n) is 4.54. The van der Waals surface area contributed by atoms with Crippen LogP contribution in [0.2, 0.25) is 0 Å². The van der Waals surface area contributed by atoms with Crippen LogP contribution in [0.25, 0.3) is 0 Å². The van der Waals surface area contributed by atoms with Crippen molar-refractivity contribution in [3.63, 3.8) is 0 Å². The summed E-state index contributed by atoms with van der Waals surface area (Å²) in [5.41, 5.74) is 0. The molecule has 0 aromatic heterocycles. The summed E-state index contributed by atoms with van der Waals surface area (Å²) in [6.07, 6.45) is 4.07. The number of aliphatic carboxylic acids is 1. The van der Waals surface area contributed by atoms with Gasteiger partial charge in [-0.3, -0.25) is 4.79 Å². The second kappa shape index (κ2) is 5.50. The van der Waals surface area contributed by atoms with Gasteiger partial charge in [0.15, 0.2) is 0 Å². The first kappa shape index (κ1) is 14.7. The molecular formula is C16H26N2O3. The second-order valence-corrected chi connectivity index (χ2v) is 7.36. The van der Waals surface area contributed by atoms with Crippen molar-refractivity contribution in [2.24, 2.45) is 29.6 Å². The van der Waals surface area contributed by atoms with E-state index in [1.54, 1.807) is 0 Å². The molecule has 6 unspecified atom stereocenters. The number of fused-ring (bicyclic) bond motifs is 2. The van der Waals surface area contributed by atoms with Crippen molar-refractivity contribution in [2.75, 3.05) is 13.1 Å². The van der Waals surface area contributed by atoms with Crippen molar-refractivity contribution in [1.29, 1.82) is 0 Å². The van der Waals surface area contributed by atoms with Crippen LogP contribution in [0.5, 0.6) is 0 Å². The molecule has 0 aromatic carbocycles. The van der Waals surface area contributed by atoms with Gasteiger partial charge in [-0.1, -0.05) is 13.8 Å². The molecule has 1 heterocycles. The summed E-state index contributed by atoms with van der Waals surface area (Å²) in [6, 6.07) is -0.221. The molecule has 1 aliphatic heterocycles. The first-order valence-corrected chi connectivity index (χ1v) is 8.25. The van der Waals surface area contributed by atoms with Gasteiger partial charge in [0.1, 0.15) is 0 Å². The Morgan fingerprint density at radius 2 is 1.81 bits per heavy atom. The van der Waals surface area contributed by atoms with E-state index >= 15 is 0 Å². The molecule has 2 N–H and O–H groups in total. The van der Waals surface area contributed by atoms with Crippen molar-refractivity contribution in [3.05, 3.63) is 0 Å². The Bertz CT molecular complexity index is 439. The monoisotopic (exact) mass is 294 g/mol. The third kappa shape index (κ3) is 2.62. The molecule has 2 aliphatic carbocycles. The number of piperidine rings is 1. The maximum atomic E-state index is 12.5. The molecule has 0 aromatic rings. The highest BCUT2D eigenvalue weighted by Gasteiger charge is 2.51. The maximum absolute atomic E-state index is 12.5. The Morgan fingerprint density at radius 1 is 1.10 bits per heavy atom. The number of hydrogen-bond acceptors (Lipinski definition) is 2. The number of nitrogens with zero attached hydrogens (tertiary/aromatic N) is 1. The zero-order valence-corrected chi connectivity index (χ0v) is 12.9. The summed E-state index contributed by atoms with van der Waals surface area (Å²) >= 11 is 0. The Labute approximate surface area is 126 Å². The number of carboxylic acid groups (broad SMARTS) is 1. The number of rotatable bonds is 2. The van der Waals surface area contributed by atoms with Crippen molar-refractivity contribution in [3.8, 4) is 0 Å². The SMILES string of the molecule is CC1CCN(C(=O)NC2C3CCC(C3)C2C(=O)O)CC1C. The molecule has 3 rings (SSSR count). The number of nitrogens with one attached hydrogen (secondary N) is 1. The van der Waals surface area contributed by atoms with E-state index in [0.717, 1.165) is 38.8 Å². The van der Waals surface area contributed by atoms with Crippen LogP contribution in [-0.4, -0.2) is 41.1 Å². The number of carbonyl (C=O) groups is 2. The summed E-state index contributed by atoms with van der Waals surface area (Å²) in [4.78, 5) is 25.8. The maximum Gasteiger partial charge on any atom is 0.317 e. The lowest BCUT2D eigenvalue weighted by atomic mass is 9.84. The minimum absolute atomic E-state index is 0.0578. The van der Waals surface area contributed by atoms with Crippen LogP contribution in [-0.2, 0) is 4.79 Å². The van der Waals surface area contributed by atoms with Gasteiger partial charge in [-0.2, -0.15) is 0 Å². The van der Waals surface area contributed by atoms with Gasteiger partial charge in [-0.15, -0.1) is 0 Å². The molecule has 2 amide bonds. The van der Waals surface area contributed by atoms with E-state index in [1.807, 2.05) is 4.90 Å². The van der Waals surface area contributed by atoms with E-state index in [2.05, 4.69) is 19.2 Å². The summed E-state index contributed by atoms with van der Waals surface area (Å²) in [6.45, 7) is 5.99. The molecule has 5 heteroatoms. The number of amides is 2. The number of likely N-dealkylation sites (tertiary alicyclic amines) is 1. The summed E-state index contributed by atoms with van der Waals surface area (Å²) in [7, 11) is 0. The fraction of sp³-hybridized carbons (Fsp3) is 0.875. The third-order valence-corrected chi connectivity index (χ3v) is 6.11. The molecule has 6 atom stereocenters. The Kier molecular flexibility index (Phi) is 3.84. The molecule has 0 radical (unpaired) electrons. The van der Waals surface area contributed by atoms with E-state index < -0.39 is 5.97 Å². The van der Waals surface area contributed by atoms with Crippen LogP contribution in [0.4, 0.5) is 4.79 Å². The van der Waals surface area contributed by atoms with E-state index in [0.29, 0.717) is 17.8 Å². The number of hydrogen-bond donors (Lipinski definition) is 2. The van der Waals surface area contributed by atoms with Crippen molar-refractivity contribution in [2.45, 2.75) is 45.6 Å².